The van der Waals surface area contributed by atoms with Crippen molar-refractivity contribution in [1.29, 1.82) is 0 Å². The minimum Gasteiger partial charge on any atom is -0.478 e. The van der Waals surface area contributed by atoms with Gasteiger partial charge in [0.25, 0.3) is 0 Å². The normalized spacial score (nSPS) is 10.0. The number of anilines is 1. The van der Waals surface area contributed by atoms with Crippen LogP contribution >= 0.6 is 0 Å². The first-order valence-electron chi connectivity index (χ1n) is 5.39. The van der Waals surface area contributed by atoms with Gasteiger partial charge in [-0.2, -0.15) is 0 Å². The maximum atomic E-state index is 11.4. The SMILES string of the molecule is CCNCC(=O)Nc1ccc(C)c(C(=O)O)c1. The van der Waals surface area contributed by atoms with Crippen molar-refractivity contribution >= 4 is 17.6 Å². The van der Waals surface area contributed by atoms with Crippen molar-refractivity contribution < 1.29 is 14.7 Å². The zero-order chi connectivity index (χ0) is 12.8. The second-order valence-corrected chi connectivity index (χ2v) is 3.66. The van der Waals surface area contributed by atoms with Crippen LogP contribution in [-0.4, -0.2) is 30.1 Å². The van der Waals surface area contributed by atoms with Gasteiger partial charge in [-0.1, -0.05) is 13.0 Å². The van der Waals surface area contributed by atoms with Crippen LogP contribution < -0.4 is 10.6 Å². The average molecular weight is 236 g/mol. The molecule has 5 nitrogen and oxygen atoms in total. The lowest BCUT2D eigenvalue weighted by atomic mass is 10.1. The van der Waals surface area contributed by atoms with Crippen LogP contribution in [0.4, 0.5) is 5.69 Å². The zero-order valence-corrected chi connectivity index (χ0v) is 9.91. The number of likely N-dealkylation sites (N-methyl/N-ethyl adjacent to an activating group) is 1. The van der Waals surface area contributed by atoms with E-state index in [1.807, 2.05) is 6.92 Å². The lowest BCUT2D eigenvalue weighted by molar-refractivity contribution is -0.115. The van der Waals surface area contributed by atoms with E-state index in [1.165, 1.54) is 6.07 Å². The fourth-order valence-corrected chi connectivity index (χ4v) is 1.37. The number of rotatable bonds is 5. The third kappa shape index (κ3) is 3.88. The number of aromatic carboxylic acids is 1. The molecule has 0 spiro atoms. The Hall–Kier alpha value is -1.88. The van der Waals surface area contributed by atoms with Gasteiger partial charge in [-0.05, 0) is 31.2 Å². The van der Waals surface area contributed by atoms with Gasteiger partial charge in [0.05, 0.1) is 12.1 Å². The van der Waals surface area contributed by atoms with Gasteiger partial charge in [-0.25, -0.2) is 4.79 Å². The van der Waals surface area contributed by atoms with E-state index in [9.17, 15) is 9.59 Å². The number of carbonyl (C=O) groups excluding carboxylic acids is 1. The molecule has 5 heteroatoms. The summed E-state index contributed by atoms with van der Waals surface area (Å²) in [5.41, 5.74) is 1.37. The molecule has 3 N–H and O–H groups in total. The number of carboxylic acids is 1. The third-order valence-electron chi connectivity index (χ3n) is 2.29. The predicted octanol–water partition coefficient (Wildman–Crippen LogP) is 1.24. The van der Waals surface area contributed by atoms with Gasteiger partial charge < -0.3 is 15.7 Å². The molecular formula is C12H16N2O3. The van der Waals surface area contributed by atoms with E-state index < -0.39 is 5.97 Å². The van der Waals surface area contributed by atoms with Crippen molar-refractivity contribution in [2.24, 2.45) is 0 Å². The molecule has 0 radical (unpaired) electrons. The molecule has 0 saturated carbocycles. The van der Waals surface area contributed by atoms with Crippen molar-refractivity contribution in [2.45, 2.75) is 13.8 Å². The van der Waals surface area contributed by atoms with Crippen LogP contribution in [0.25, 0.3) is 0 Å². The minimum atomic E-state index is -0.995. The molecule has 1 aromatic rings. The molecule has 0 unspecified atom stereocenters. The molecule has 0 aliphatic carbocycles. The van der Waals surface area contributed by atoms with Crippen LogP contribution in [0.1, 0.15) is 22.8 Å². The highest BCUT2D eigenvalue weighted by Gasteiger charge is 2.09. The topological polar surface area (TPSA) is 78.4 Å². The van der Waals surface area contributed by atoms with Crippen LogP contribution in [0.3, 0.4) is 0 Å². The van der Waals surface area contributed by atoms with Gasteiger partial charge in [0.15, 0.2) is 0 Å². The molecule has 0 fully saturated rings. The van der Waals surface area contributed by atoms with Gasteiger partial charge in [0.2, 0.25) is 5.91 Å². The second kappa shape index (κ2) is 6.00. The summed E-state index contributed by atoms with van der Waals surface area (Å²) in [4.78, 5) is 22.3. The Bertz CT molecular complexity index is 430. The molecule has 1 rings (SSSR count). The zero-order valence-electron chi connectivity index (χ0n) is 9.91. The molecule has 0 heterocycles. The van der Waals surface area contributed by atoms with Crippen LogP contribution in [0, 0.1) is 6.92 Å². The average Bonchev–Trinajstić information content (AvgIpc) is 2.28. The van der Waals surface area contributed by atoms with Crippen LogP contribution in [0.15, 0.2) is 18.2 Å². The van der Waals surface area contributed by atoms with E-state index in [2.05, 4.69) is 10.6 Å². The number of carbonyl (C=O) groups is 2. The third-order valence-corrected chi connectivity index (χ3v) is 2.29. The Labute approximate surface area is 99.8 Å². The molecular weight excluding hydrogens is 220 g/mol. The highest BCUT2D eigenvalue weighted by Crippen LogP contribution is 2.15. The lowest BCUT2D eigenvalue weighted by Gasteiger charge is -2.08. The van der Waals surface area contributed by atoms with Crippen molar-refractivity contribution in [1.82, 2.24) is 5.32 Å². The molecule has 0 saturated heterocycles. The number of carboxylic acid groups (broad SMARTS) is 1. The Kier molecular flexibility index (Phi) is 4.66. The summed E-state index contributed by atoms with van der Waals surface area (Å²) >= 11 is 0. The summed E-state index contributed by atoms with van der Waals surface area (Å²) in [6.07, 6.45) is 0. The summed E-state index contributed by atoms with van der Waals surface area (Å²) < 4.78 is 0. The minimum absolute atomic E-state index is 0.188. The first-order chi connectivity index (χ1) is 8.04. The summed E-state index contributed by atoms with van der Waals surface area (Å²) in [5, 5.41) is 14.5. The van der Waals surface area contributed by atoms with Gasteiger partial charge in [-0.3, -0.25) is 4.79 Å². The lowest BCUT2D eigenvalue weighted by Crippen LogP contribution is -2.27. The maximum Gasteiger partial charge on any atom is 0.336 e. The fraction of sp³-hybridized carbons (Fsp3) is 0.333. The van der Waals surface area contributed by atoms with E-state index in [1.54, 1.807) is 19.1 Å². The van der Waals surface area contributed by atoms with Crippen molar-refractivity contribution in [3.63, 3.8) is 0 Å². The van der Waals surface area contributed by atoms with E-state index in [0.29, 0.717) is 17.8 Å². The van der Waals surface area contributed by atoms with Crippen LogP contribution in [-0.2, 0) is 4.79 Å². The summed E-state index contributed by atoms with van der Waals surface area (Å²) in [7, 11) is 0. The first kappa shape index (κ1) is 13.2. The molecule has 92 valence electrons. The van der Waals surface area contributed by atoms with Crippen LogP contribution in [0.5, 0.6) is 0 Å². The monoisotopic (exact) mass is 236 g/mol. The Morgan fingerprint density at radius 3 is 2.65 bits per heavy atom. The van der Waals surface area contributed by atoms with Gasteiger partial charge >= 0.3 is 5.97 Å². The number of hydrogen-bond donors (Lipinski definition) is 3. The standard InChI is InChI=1S/C12H16N2O3/c1-3-13-7-11(15)14-9-5-4-8(2)10(6-9)12(16)17/h4-6,13H,3,7H2,1-2H3,(H,14,15)(H,16,17). The molecule has 0 aliphatic heterocycles. The molecule has 0 bridgehead atoms. The summed E-state index contributed by atoms with van der Waals surface area (Å²) in [5.74, 6) is -1.18. The molecule has 17 heavy (non-hydrogen) atoms. The van der Waals surface area contributed by atoms with E-state index in [4.69, 9.17) is 5.11 Å². The summed E-state index contributed by atoms with van der Waals surface area (Å²) in [6, 6.07) is 4.82. The van der Waals surface area contributed by atoms with Crippen LogP contribution in [0.2, 0.25) is 0 Å². The number of benzene rings is 1. The fourth-order valence-electron chi connectivity index (χ4n) is 1.37. The molecule has 1 aromatic carbocycles. The Balaban J connectivity index is 2.75. The van der Waals surface area contributed by atoms with Crippen molar-refractivity contribution in [2.75, 3.05) is 18.4 Å². The largest absolute Gasteiger partial charge is 0.478 e. The number of aryl methyl sites for hydroxylation is 1. The predicted molar refractivity (Wildman–Crippen MR) is 65.3 cm³/mol. The molecule has 0 atom stereocenters. The van der Waals surface area contributed by atoms with E-state index in [-0.39, 0.29) is 18.0 Å². The van der Waals surface area contributed by atoms with Gasteiger partial charge in [0.1, 0.15) is 0 Å². The quantitative estimate of drug-likeness (QED) is 0.718. The van der Waals surface area contributed by atoms with Gasteiger partial charge in [0, 0.05) is 5.69 Å². The van der Waals surface area contributed by atoms with Crippen molar-refractivity contribution in [3.05, 3.63) is 29.3 Å². The second-order valence-electron chi connectivity index (χ2n) is 3.66. The number of hydrogen-bond acceptors (Lipinski definition) is 3. The molecule has 0 aromatic heterocycles. The van der Waals surface area contributed by atoms with E-state index >= 15 is 0 Å². The number of amides is 1. The summed E-state index contributed by atoms with van der Waals surface area (Å²) in [6.45, 7) is 4.55. The Morgan fingerprint density at radius 1 is 1.35 bits per heavy atom. The highest BCUT2D eigenvalue weighted by atomic mass is 16.4. The van der Waals surface area contributed by atoms with Crippen molar-refractivity contribution in [3.8, 4) is 0 Å². The number of nitrogens with one attached hydrogen (secondary N) is 2. The van der Waals surface area contributed by atoms with Gasteiger partial charge in [-0.15, -0.1) is 0 Å². The van der Waals surface area contributed by atoms with E-state index in [0.717, 1.165) is 0 Å². The maximum absolute atomic E-state index is 11.4. The first-order valence-corrected chi connectivity index (χ1v) is 5.39. The Morgan fingerprint density at radius 2 is 2.06 bits per heavy atom. The smallest absolute Gasteiger partial charge is 0.336 e. The highest BCUT2D eigenvalue weighted by molar-refractivity contribution is 5.95. The molecule has 1 amide bonds. The molecule has 0 aliphatic rings.